The van der Waals surface area contributed by atoms with E-state index < -0.39 is 0 Å². The number of likely N-dealkylation sites (tertiary alicyclic amines) is 1. The molecule has 2 heterocycles. The molecule has 0 bridgehead atoms. The minimum absolute atomic E-state index is 0.113. The molecular formula is C21H27FN2O2S. The zero-order valence-electron chi connectivity index (χ0n) is 15.7. The summed E-state index contributed by atoms with van der Waals surface area (Å²) in [7, 11) is 0. The molecule has 4 nitrogen and oxygen atoms in total. The Bertz CT molecular complexity index is 712. The predicted molar refractivity (Wildman–Crippen MR) is 105 cm³/mol. The van der Waals surface area contributed by atoms with E-state index in [9.17, 15) is 14.0 Å². The number of piperidine rings is 1. The largest absolute Gasteiger partial charge is 0.338 e. The Balaban J connectivity index is 1.42. The first kappa shape index (κ1) is 18.8. The molecule has 2 aliphatic heterocycles. The summed E-state index contributed by atoms with van der Waals surface area (Å²) in [5.74, 6) is 1.02. The molecule has 1 aromatic carbocycles. The topological polar surface area (TPSA) is 40.6 Å². The number of carbonyl (C=O) groups excluding carboxylic acids is 2. The molecule has 1 spiro atoms. The quantitative estimate of drug-likeness (QED) is 0.769. The Morgan fingerprint density at radius 1 is 1.07 bits per heavy atom. The van der Waals surface area contributed by atoms with Gasteiger partial charge < -0.3 is 9.80 Å². The van der Waals surface area contributed by atoms with Crippen LogP contribution < -0.4 is 0 Å². The Labute approximate surface area is 164 Å². The third-order valence-corrected chi connectivity index (χ3v) is 7.85. The van der Waals surface area contributed by atoms with Gasteiger partial charge in [0.1, 0.15) is 5.82 Å². The van der Waals surface area contributed by atoms with Crippen molar-refractivity contribution in [2.24, 2.45) is 5.92 Å². The van der Waals surface area contributed by atoms with Crippen LogP contribution in [0.5, 0.6) is 0 Å². The van der Waals surface area contributed by atoms with Crippen LogP contribution in [0.25, 0.3) is 0 Å². The molecule has 1 aromatic rings. The lowest BCUT2D eigenvalue weighted by Gasteiger charge is -2.45. The second kappa shape index (κ2) is 7.82. The van der Waals surface area contributed by atoms with Crippen LogP contribution in [0.2, 0.25) is 0 Å². The van der Waals surface area contributed by atoms with Crippen LogP contribution >= 0.6 is 11.8 Å². The zero-order valence-corrected chi connectivity index (χ0v) is 16.5. The third-order valence-electron chi connectivity index (χ3n) is 6.30. The molecule has 0 atom stereocenters. The van der Waals surface area contributed by atoms with E-state index in [0.29, 0.717) is 24.6 Å². The number of hydrogen-bond acceptors (Lipinski definition) is 3. The summed E-state index contributed by atoms with van der Waals surface area (Å²) in [4.78, 5) is 29.6. The molecule has 3 aliphatic rings. The highest BCUT2D eigenvalue weighted by Crippen LogP contribution is 2.45. The normalized spacial score (nSPS) is 23.0. The lowest BCUT2D eigenvalue weighted by atomic mass is 9.87. The molecule has 0 unspecified atom stereocenters. The van der Waals surface area contributed by atoms with Gasteiger partial charge in [0.15, 0.2) is 0 Å². The van der Waals surface area contributed by atoms with E-state index in [2.05, 4.69) is 4.90 Å². The van der Waals surface area contributed by atoms with Crippen LogP contribution in [-0.4, -0.2) is 51.9 Å². The van der Waals surface area contributed by atoms with Gasteiger partial charge in [0.05, 0.1) is 4.87 Å². The number of rotatable bonds is 2. The number of nitrogens with zero attached hydrogens (tertiary/aromatic N) is 2. The highest BCUT2D eigenvalue weighted by atomic mass is 32.2. The third kappa shape index (κ3) is 3.73. The zero-order chi connectivity index (χ0) is 18.9. The molecule has 0 N–H and O–H groups in total. The number of halogens is 1. The van der Waals surface area contributed by atoms with Crippen molar-refractivity contribution in [2.45, 2.75) is 49.8 Å². The highest BCUT2D eigenvalue weighted by Gasteiger charge is 2.48. The summed E-state index contributed by atoms with van der Waals surface area (Å²) in [6.45, 7) is 2.07. The van der Waals surface area contributed by atoms with E-state index in [1.807, 2.05) is 16.7 Å². The Kier molecular flexibility index (Phi) is 5.44. The minimum atomic E-state index is -0.384. The van der Waals surface area contributed by atoms with Gasteiger partial charge in [0.25, 0.3) is 5.91 Å². The van der Waals surface area contributed by atoms with Gasteiger partial charge in [0, 0.05) is 36.9 Å². The monoisotopic (exact) mass is 390 g/mol. The molecule has 3 fully saturated rings. The minimum Gasteiger partial charge on any atom is -0.338 e. The van der Waals surface area contributed by atoms with Crippen LogP contribution in [0.15, 0.2) is 24.3 Å². The number of carbonyl (C=O) groups is 2. The fourth-order valence-electron chi connectivity index (χ4n) is 4.77. The molecule has 0 aromatic heterocycles. The average Bonchev–Trinajstić information content (AvgIpc) is 3.11. The van der Waals surface area contributed by atoms with E-state index in [0.717, 1.165) is 38.0 Å². The van der Waals surface area contributed by atoms with Gasteiger partial charge in [-0.05, 0) is 43.9 Å². The van der Waals surface area contributed by atoms with E-state index in [4.69, 9.17) is 0 Å². The predicted octanol–water partition coefficient (Wildman–Crippen LogP) is 3.91. The fraction of sp³-hybridized carbons (Fsp3) is 0.619. The summed E-state index contributed by atoms with van der Waals surface area (Å²) in [5, 5.41) is 0. The fourth-order valence-corrected chi connectivity index (χ4v) is 6.23. The summed E-state index contributed by atoms with van der Waals surface area (Å²) in [6.07, 6.45) is 7.25. The van der Waals surface area contributed by atoms with Crippen molar-refractivity contribution in [3.63, 3.8) is 0 Å². The Morgan fingerprint density at radius 3 is 2.52 bits per heavy atom. The van der Waals surface area contributed by atoms with Crippen LogP contribution in [-0.2, 0) is 4.79 Å². The van der Waals surface area contributed by atoms with E-state index >= 15 is 0 Å². The van der Waals surface area contributed by atoms with Crippen LogP contribution in [0.3, 0.4) is 0 Å². The molecule has 27 heavy (non-hydrogen) atoms. The summed E-state index contributed by atoms with van der Waals surface area (Å²) >= 11 is 1.89. The smallest absolute Gasteiger partial charge is 0.253 e. The van der Waals surface area contributed by atoms with Crippen molar-refractivity contribution in [3.05, 3.63) is 35.6 Å². The second-order valence-electron chi connectivity index (χ2n) is 7.92. The summed E-state index contributed by atoms with van der Waals surface area (Å²) in [5.41, 5.74) is 0.403. The molecular weight excluding hydrogens is 363 g/mol. The van der Waals surface area contributed by atoms with Gasteiger partial charge >= 0.3 is 0 Å². The number of thioether (sulfide) groups is 1. The highest BCUT2D eigenvalue weighted by molar-refractivity contribution is 8.00. The second-order valence-corrected chi connectivity index (χ2v) is 9.38. The maximum atomic E-state index is 13.4. The van der Waals surface area contributed by atoms with Gasteiger partial charge in [-0.15, -0.1) is 11.8 Å². The molecule has 4 rings (SSSR count). The van der Waals surface area contributed by atoms with Crippen LogP contribution in [0, 0.1) is 11.7 Å². The van der Waals surface area contributed by atoms with Gasteiger partial charge in [-0.3, -0.25) is 9.59 Å². The van der Waals surface area contributed by atoms with Crippen molar-refractivity contribution in [3.8, 4) is 0 Å². The maximum Gasteiger partial charge on any atom is 0.253 e. The standard InChI is InChI=1S/C21H27FN2O2S/c22-18-8-4-7-17(15-18)19(25)23-11-9-21(10-12-23)24(13-14-27-21)20(26)16-5-2-1-3-6-16/h4,7-8,15-16H,1-3,5-6,9-14H2. The van der Waals surface area contributed by atoms with Crippen molar-refractivity contribution in [1.82, 2.24) is 9.80 Å². The van der Waals surface area contributed by atoms with Crippen molar-refractivity contribution in [1.29, 1.82) is 0 Å². The Hall–Kier alpha value is -1.56. The lowest BCUT2D eigenvalue weighted by Crippen LogP contribution is -2.55. The van der Waals surface area contributed by atoms with Crippen molar-refractivity contribution >= 4 is 23.6 Å². The van der Waals surface area contributed by atoms with E-state index in [-0.39, 0.29) is 22.5 Å². The Morgan fingerprint density at radius 2 is 1.81 bits per heavy atom. The number of hydrogen-bond donors (Lipinski definition) is 0. The van der Waals surface area contributed by atoms with E-state index in [1.54, 1.807) is 12.1 Å². The lowest BCUT2D eigenvalue weighted by molar-refractivity contribution is -0.140. The van der Waals surface area contributed by atoms with Gasteiger partial charge in [-0.2, -0.15) is 0 Å². The van der Waals surface area contributed by atoms with Gasteiger partial charge in [-0.25, -0.2) is 4.39 Å². The number of benzene rings is 1. The van der Waals surface area contributed by atoms with E-state index in [1.165, 1.54) is 31.4 Å². The van der Waals surface area contributed by atoms with Crippen LogP contribution in [0.1, 0.15) is 55.3 Å². The summed E-state index contributed by atoms with van der Waals surface area (Å²) in [6, 6.07) is 5.90. The molecule has 6 heteroatoms. The average molecular weight is 391 g/mol. The molecule has 1 aliphatic carbocycles. The molecule has 1 saturated carbocycles. The molecule has 2 saturated heterocycles. The number of amides is 2. The first-order valence-corrected chi connectivity index (χ1v) is 11.1. The van der Waals surface area contributed by atoms with Crippen LogP contribution in [0.4, 0.5) is 4.39 Å². The van der Waals surface area contributed by atoms with Gasteiger partial charge in [0.2, 0.25) is 5.91 Å². The molecule has 0 radical (unpaired) electrons. The summed E-state index contributed by atoms with van der Waals surface area (Å²) < 4.78 is 13.4. The maximum absolute atomic E-state index is 13.4. The van der Waals surface area contributed by atoms with Gasteiger partial charge in [-0.1, -0.05) is 25.3 Å². The first-order valence-electron chi connectivity index (χ1n) is 10.1. The van der Waals surface area contributed by atoms with Crippen molar-refractivity contribution in [2.75, 3.05) is 25.4 Å². The van der Waals surface area contributed by atoms with Crippen molar-refractivity contribution < 1.29 is 14.0 Å². The molecule has 146 valence electrons. The first-order chi connectivity index (χ1) is 13.1. The SMILES string of the molecule is O=C(c1cccc(F)c1)N1CCC2(CC1)SCCN2C(=O)C1CCCCC1. The molecule has 2 amide bonds.